The molecular weight excluding hydrogens is 493 g/mol. The molecule has 0 bridgehead atoms. The zero-order valence-electron chi connectivity index (χ0n) is 17.3. The largest absolute Gasteiger partial charge is 0.357 e. The van der Waals surface area contributed by atoms with E-state index in [0.29, 0.717) is 32.6 Å². The Kier molecular flexibility index (Phi) is 10.3. The number of rotatable bonds is 7. The first-order valence-corrected chi connectivity index (χ1v) is 10.1. The van der Waals surface area contributed by atoms with Crippen LogP contribution in [-0.2, 0) is 11.3 Å². The van der Waals surface area contributed by atoms with Gasteiger partial charge in [-0.1, -0.05) is 30.3 Å². The number of guanidine groups is 1. The molecule has 1 saturated heterocycles. The molecule has 1 aromatic heterocycles. The van der Waals surface area contributed by atoms with Gasteiger partial charge in [0.1, 0.15) is 0 Å². The number of carbonyl (C=O) groups is 1. The second kappa shape index (κ2) is 13.0. The van der Waals surface area contributed by atoms with Crippen molar-refractivity contribution < 1.29 is 4.79 Å². The van der Waals surface area contributed by atoms with Crippen LogP contribution in [0.15, 0.2) is 53.8 Å². The maximum absolute atomic E-state index is 12.5. The molecule has 1 amide bonds. The fraction of sp³-hybridized carbons (Fsp3) is 0.429. The maximum atomic E-state index is 12.5. The third-order valence-electron chi connectivity index (χ3n) is 4.71. The van der Waals surface area contributed by atoms with Crippen LogP contribution in [0, 0.1) is 0 Å². The third kappa shape index (κ3) is 7.43. The smallest absolute Gasteiger partial charge is 0.225 e. The molecule has 1 fully saturated rings. The second-order valence-corrected chi connectivity index (χ2v) is 6.77. The molecular formula is C21H30IN7O. The molecule has 0 radical (unpaired) electrons. The number of aromatic nitrogens is 2. The quantitative estimate of drug-likeness (QED) is 0.328. The number of piperazine rings is 1. The Bertz CT molecular complexity index is 780. The molecule has 162 valence electrons. The van der Waals surface area contributed by atoms with Gasteiger partial charge in [-0.3, -0.25) is 4.79 Å². The highest BCUT2D eigenvalue weighted by molar-refractivity contribution is 14.0. The summed E-state index contributed by atoms with van der Waals surface area (Å²) in [4.78, 5) is 29.7. The van der Waals surface area contributed by atoms with Gasteiger partial charge in [-0.05, 0) is 18.6 Å². The van der Waals surface area contributed by atoms with Crippen LogP contribution in [-0.4, -0.2) is 66.0 Å². The summed E-state index contributed by atoms with van der Waals surface area (Å²) in [5.74, 6) is 1.62. The monoisotopic (exact) mass is 523 g/mol. The number of benzene rings is 1. The van der Waals surface area contributed by atoms with E-state index in [4.69, 9.17) is 0 Å². The van der Waals surface area contributed by atoms with Crippen molar-refractivity contribution in [1.82, 2.24) is 25.5 Å². The lowest BCUT2D eigenvalue weighted by atomic mass is 10.2. The minimum atomic E-state index is 0. The molecule has 0 unspecified atom stereocenters. The summed E-state index contributed by atoms with van der Waals surface area (Å²) < 4.78 is 0. The maximum Gasteiger partial charge on any atom is 0.225 e. The van der Waals surface area contributed by atoms with Crippen molar-refractivity contribution in [2.75, 3.05) is 44.2 Å². The summed E-state index contributed by atoms with van der Waals surface area (Å²) in [7, 11) is 0. The van der Waals surface area contributed by atoms with Gasteiger partial charge >= 0.3 is 0 Å². The van der Waals surface area contributed by atoms with Gasteiger partial charge in [0.25, 0.3) is 0 Å². The number of anilines is 1. The number of amides is 1. The van der Waals surface area contributed by atoms with E-state index >= 15 is 0 Å². The molecule has 2 heterocycles. The van der Waals surface area contributed by atoms with Gasteiger partial charge in [-0.25, -0.2) is 15.0 Å². The highest BCUT2D eigenvalue weighted by atomic mass is 127. The number of nitrogens with zero attached hydrogens (tertiary/aromatic N) is 5. The fourth-order valence-electron chi connectivity index (χ4n) is 3.15. The highest BCUT2D eigenvalue weighted by Gasteiger charge is 2.22. The van der Waals surface area contributed by atoms with Crippen molar-refractivity contribution in [1.29, 1.82) is 0 Å². The number of hydrogen-bond acceptors (Lipinski definition) is 5. The zero-order valence-corrected chi connectivity index (χ0v) is 19.7. The Labute approximate surface area is 195 Å². The lowest BCUT2D eigenvalue weighted by Crippen LogP contribution is -2.50. The fourth-order valence-corrected chi connectivity index (χ4v) is 3.15. The van der Waals surface area contributed by atoms with E-state index < -0.39 is 0 Å². The van der Waals surface area contributed by atoms with Crippen molar-refractivity contribution in [3.05, 3.63) is 54.4 Å². The molecule has 9 heteroatoms. The van der Waals surface area contributed by atoms with Gasteiger partial charge in [-0.2, -0.15) is 0 Å². The molecule has 0 atom stereocenters. The van der Waals surface area contributed by atoms with Gasteiger partial charge in [0.15, 0.2) is 5.96 Å². The van der Waals surface area contributed by atoms with Crippen LogP contribution in [0.25, 0.3) is 0 Å². The summed E-state index contributed by atoms with van der Waals surface area (Å²) >= 11 is 0. The van der Waals surface area contributed by atoms with Crippen LogP contribution in [0.5, 0.6) is 0 Å². The minimum Gasteiger partial charge on any atom is -0.357 e. The lowest BCUT2D eigenvalue weighted by Gasteiger charge is -2.34. The van der Waals surface area contributed by atoms with Crippen LogP contribution < -0.4 is 15.5 Å². The van der Waals surface area contributed by atoms with Crippen molar-refractivity contribution in [2.24, 2.45) is 4.99 Å². The highest BCUT2D eigenvalue weighted by Crippen LogP contribution is 2.10. The van der Waals surface area contributed by atoms with E-state index in [1.165, 1.54) is 0 Å². The molecule has 3 rings (SSSR count). The van der Waals surface area contributed by atoms with Gasteiger partial charge in [0, 0.05) is 58.1 Å². The SMILES string of the molecule is CCNC(=NCc1ccccc1)NCCC(=O)N1CCN(c2ncccn2)CC1.I. The molecule has 2 aromatic rings. The predicted molar refractivity (Wildman–Crippen MR) is 130 cm³/mol. The summed E-state index contributed by atoms with van der Waals surface area (Å²) in [6, 6.07) is 11.9. The van der Waals surface area contributed by atoms with E-state index in [1.807, 2.05) is 30.0 Å². The second-order valence-electron chi connectivity index (χ2n) is 6.77. The molecule has 1 aliphatic heterocycles. The number of halogens is 1. The van der Waals surface area contributed by atoms with Crippen LogP contribution in [0.4, 0.5) is 5.95 Å². The standard InChI is InChI=1S/C21H29N7O.HI/c1-2-22-20(26-17-18-7-4-3-5-8-18)23-12-9-19(29)27-13-15-28(16-14-27)21-24-10-6-11-25-21;/h3-8,10-11H,2,9,12-17H2,1H3,(H2,22,23,26);1H. The Morgan fingerprint density at radius 1 is 1.03 bits per heavy atom. The molecule has 8 nitrogen and oxygen atoms in total. The number of nitrogens with one attached hydrogen (secondary N) is 2. The molecule has 0 spiro atoms. The van der Waals surface area contributed by atoms with E-state index in [-0.39, 0.29) is 29.9 Å². The summed E-state index contributed by atoms with van der Waals surface area (Å²) in [5.41, 5.74) is 1.15. The van der Waals surface area contributed by atoms with Crippen molar-refractivity contribution in [3.8, 4) is 0 Å². The normalized spacial score (nSPS) is 14.1. The molecule has 30 heavy (non-hydrogen) atoms. The van der Waals surface area contributed by atoms with Gasteiger partial charge in [0.05, 0.1) is 6.54 Å². The zero-order chi connectivity index (χ0) is 20.3. The first-order valence-electron chi connectivity index (χ1n) is 10.1. The Morgan fingerprint density at radius 2 is 1.73 bits per heavy atom. The number of carbonyl (C=O) groups excluding carboxylic acids is 1. The number of hydrogen-bond donors (Lipinski definition) is 2. The average molecular weight is 523 g/mol. The Morgan fingerprint density at radius 3 is 2.40 bits per heavy atom. The van der Waals surface area contributed by atoms with Crippen LogP contribution >= 0.6 is 24.0 Å². The average Bonchev–Trinajstić information content (AvgIpc) is 2.79. The first kappa shape index (κ1) is 23.8. The van der Waals surface area contributed by atoms with Gasteiger partial charge in [0.2, 0.25) is 11.9 Å². The van der Waals surface area contributed by atoms with Gasteiger partial charge < -0.3 is 20.4 Å². The predicted octanol–water partition coefficient (Wildman–Crippen LogP) is 1.89. The van der Waals surface area contributed by atoms with E-state index in [2.05, 4.69) is 42.6 Å². The Balaban J connectivity index is 0.00000320. The topological polar surface area (TPSA) is 85.8 Å². The molecule has 0 aliphatic carbocycles. The van der Waals surface area contributed by atoms with E-state index in [9.17, 15) is 4.79 Å². The lowest BCUT2D eigenvalue weighted by molar-refractivity contribution is -0.131. The Hall–Kier alpha value is -2.43. The summed E-state index contributed by atoms with van der Waals surface area (Å²) in [6.45, 7) is 6.86. The van der Waals surface area contributed by atoms with E-state index in [0.717, 1.165) is 37.1 Å². The summed E-state index contributed by atoms with van der Waals surface area (Å²) in [5, 5.41) is 6.48. The molecule has 1 aliphatic rings. The molecule has 0 saturated carbocycles. The van der Waals surface area contributed by atoms with Crippen molar-refractivity contribution in [3.63, 3.8) is 0 Å². The van der Waals surface area contributed by atoms with Gasteiger partial charge in [-0.15, -0.1) is 24.0 Å². The van der Waals surface area contributed by atoms with Crippen molar-refractivity contribution >= 4 is 41.8 Å². The van der Waals surface area contributed by atoms with Crippen LogP contribution in [0.3, 0.4) is 0 Å². The molecule has 1 aromatic carbocycles. The molecule has 2 N–H and O–H groups in total. The minimum absolute atomic E-state index is 0. The van der Waals surface area contributed by atoms with E-state index in [1.54, 1.807) is 18.5 Å². The third-order valence-corrected chi connectivity index (χ3v) is 4.71. The van der Waals surface area contributed by atoms with Crippen LogP contribution in [0.1, 0.15) is 18.9 Å². The number of aliphatic imine (C=N–C) groups is 1. The summed E-state index contributed by atoms with van der Waals surface area (Å²) in [6.07, 6.45) is 3.93. The van der Waals surface area contributed by atoms with Crippen molar-refractivity contribution in [2.45, 2.75) is 19.9 Å². The first-order chi connectivity index (χ1) is 14.3. The van der Waals surface area contributed by atoms with Crippen LogP contribution in [0.2, 0.25) is 0 Å².